The van der Waals surface area contributed by atoms with E-state index >= 15 is 0 Å². The molecule has 2 aromatic rings. The molecule has 2 N–H and O–H groups in total. The molecule has 1 heterocycles. The molecule has 178 valence electrons. The number of ether oxygens (including phenoxy) is 1. The van der Waals surface area contributed by atoms with E-state index in [9.17, 15) is 24.5 Å². The molecule has 0 aromatic heterocycles. The summed E-state index contributed by atoms with van der Waals surface area (Å²) in [6.07, 6.45) is 1.68. The second kappa shape index (κ2) is 10.6. The van der Waals surface area contributed by atoms with Crippen LogP contribution in [0.1, 0.15) is 48.7 Å². The second-order valence-corrected chi connectivity index (χ2v) is 7.76. The fraction of sp³-hybridized carbons (Fsp3) is 0.292. The van der Waals surface area contributed by atoms with Gasteiger partial charge in [-0.15, -0.1) is 0 Å². The molecular formula is C24H26N4O6. The van der Waals surface area contributed by atoms with Gasteiger partial charge in [-0.1, -0.05) is 25.5 Å². The van der Waals surface area contributed by atoms with Crippen molar-refractivity contribution < 1.29 is 24.0 Å². The first kappa shape index (κ1) is 24.4. The maximum absolute atomic E-state index is 12.8. The molecule has 3 amide bonds. The highest BCUT2D eigenvalue weighted by molar-refractivity contribution is 6.04. The normalized spacial score (nSPS) is 15.6. The molecule has 10 nitrogen and oxygen atoms in total. The van der Waals surface area contributed by atoms with E-state index < -0.39 is 22.8 Å². The number of nitrogens with one attached hydrogen (secondary N) is 2. The van der Waals surface area contributed by atoms with Gasteiger partial charge in [-0.2, -0.15) is 0 Å². The van der Waals surface area contributed by atoms with Crippen LogP contribution in [-0.4, -0.2) is 41.4 Å². The zero-order valence-corrected chi connectivity index (χ0v) is 19.2. The summed E-state index contributed by atoms with van der Waals surface area (Å²) in [6.45, 7) is 4.21. The van der Waals surface area contributed by atoms with Crippen LogP contribution in [0.25, 0.3) is 0 Å². The monoisotopic (exact) mass is 466 g/mol. The van der Waals surface area contributed by atoms with Gasteiger partial charge in [0.15, 0.2) is 0 Å². The maximum Gasteiger partial charge on any atom is 0.337 e. The minimum Gasteiger partial charge on any atom is -0.466 e. The molecule has 0 radical (unpaired) electrons. The van der Waals surface area contributed by atoms with E-state index in [0.29, 0.717) is 29.1 Å². The Balaban J connectivity index is 1.89. The quantitative estimate of drug-likeness (QED) is 0.341. The Hall–Kier alpha value is -4.21. The standard InChI is InChI=1S/C24H26N4O6/c1-4-5-13-27-15(2)20(23(30)34-3)21(26-24(27)31)17-7-6-8-18(14-17)25-22(29)16-9-11-19(12-10-16)28(32)33/h6-12,14,21H,4-5,13H2,1-3H3,(H,25,29)(H,26,31). The molecule has 1 atom stereocenters. The van der Waals surface area contributed by atoms with Crippen molar-refractivity contribution in [2.45, 2.75) is 32.7 Å². The van der Waals surface area contributed by atoms with Crippen molar-refractivity contribution in [3.05, 3.63) is 81.0 Å². The molecule has 10 heteroatoms. The van der Waals surface area contributed by atoms with Crippen molar-refractivity contribution >= 4 is 29.3 Å². The Morgan fingerprint density at radius 1 is 1.21 bits per heavy atom. The number of non-ortho nitro benzene ring substituents is 1. The van der Waals surface area contributed by atoms with Gasteiger partial charge in [0.25, 0.3) is 11.6 Å². The highest BCUT2D eigenvalue weighted by Crippen LogP contribution is 2.32. The van der Waals surface area contributed by atoms with Crippen molar-refractivity contribution in [1.82, 2.24) is 10.2 Å². The predicted octanol–water partition coefficient (Wildman–Crippen LogP) is 4.16. The lowest BCUT2D eigenvalue weighted by atomic mass is 9.94. The average Bonchev–Trinajstić information content (AvgIpc) is 2.83. The third kappa shape index (κ3) is 5.22. The summed E-state index contributed by atoms with van der Waals surface area (Å²) >= 11 is 0. The number of urea groups is 1. The topological polar surface area (TPSA) is 131 Å². The average molecular weight is 466 g/mol. The number of methoxy groups -OCH3 is 1. The van der Waals surface area contributed by atoms with Crippen LogP contribution < -0.4 is 10.6 Å². The molecule has 0 aliphatic carbocycles. The predicted molar refractivity (Wildman–Crippen MR) is 125 cm³/mol. The number of carbonyl (C=O) groups is 3. The van der Waals surface area contributed by atoms with Gasteiger partial charge in [0, 0.05) is 35.6 Å². The van der Waals surface area contributed by atoms with Crippen molar-refractivity contribution in [1.29, 1.82) is 0 Å². The van der Waals surface area contributed by atoms with Crippen LogP contribution in [0, 0.1) is 10.1 Å². The summed E-state index contributed by atoms with van der Waals surface area (Å²) in [7, 11) is 1.29. The molecule has 34 heavy (non-hydrogen) atoms. The number of nitro groups is 1. The summed E-state index contributed by atoms with van der Waals surface area (Å²) in [5.74, 6) is -1.00. The van der Waals surface area contributed by atoms with Crippen molar-refractivity contribution in [2.75, 3.05) is 19.0 Å². The Kier molecular flexibility index (Phi) is 7.62. The lowest BCUT2D eigenvalue weighted by Gasteiger charge is -2.35. The number of carbonyl (C=O) groups excluding carboxylic acids is 3. The van der Waals surface area contributed by atoms with Crippen LogP contribution in [0.2, 0.25) is 0 Å². The number of hydrogen-bond donors (Lipinski definition) is 2. The fourth-order valence-electron chi connectivity index (χ4n) is 3.72. The molecule has 1 unspecified atom stereocenters. The SMILES string of the molecule is CCCCN1C(=O)NC(c2cccc(NC(=O)c3ccc([N+](=O)[O-])cc3)c2)C(C(=O)OC)=C1C. The van der Waals surface area contributed by atoms with Crippen molar-refractivity contribution in [2.24, 2.45) is 0 Å². The molecule has 0 bridgehead atoms. The molecule has 0 saturated heterocycles. The number of rotatable bonds is 8. The minimum absolute atomic E-state index is 0.114. The third-order valence-corrected chi connectivity index (χ3v) is 5.56. The first-order chi connectivity index (χ1) is 16.3. The molecular weight excluding hydrogens is 440 g/mol. The molecule has 1 aliphatic rings. The molecule has 0 saturated carbocycles. The number of nitro benzene ring substituents is 1. The van der Waals surface area contributed by atoms with E-state index in [-0.39, 0.29) is 17.3 Å². The number of hydrogen-bond acceptors (Lipinski definition) is 6. The second-order valence-electron chi connectivity index (χ2n) is 7.76. The van der Waals surface area contributed by atoms with Gasteiger partial charge in [-0.25, -0.2) is 9.59 Å². The Labute approximate surface area is 196 Å². The molecule has 2 aromatic carbocycles. The van der Waals surface area contributed by atoms with E-state index in [1.54, 1.807) is 31.2 Å². The van der Waals surface area contributed by atoms with E-state index in [2.05, 4.69) is 10.6 Å². The van der Waals surface area contributed by atoms with Gasteiger partial charge >= 0.3 is 12.0 Å². The van der Waals surface area contributed by atoms with E-state index in [1.807, 2.05) is 6.92 Å². The van der Waals surface area contributed by atoms with Gasteiger partial charge in [-0.3, -0.25) is 19.8 Å². The first-order valence-electron chi connectivity index (χ1n) is 10.8. The summed E-state index contributed by atoms with van der Waals surface area (Å²) in [5, 5.41) is 16.4. The number of anilines is 1. The molecule has 3 rings (SSSR count). The zero-order chi connectivity index (χ0) is 24.8. The summed E-state index contributed by atoms with van der Waals surface area (Å²) in [5.41, 5.74) is 2.00. The van der Waals surface area contributed by atoms with E-state index in [0.717, 1.165) is 12.8 Å². The molecule has 0 spiro atoms. The van der Waals surface area contributed by atoms with Crippen LogP contribution in [0.5, 0.6) is 0 Å². The smallest absolute Gasteiger partial charge is 0.337 e. The zero-order valence-electron chi connectivity index (χ0n) is 19.2. The number of unbranched alkanes of at least 4 members (excludes halogenated alkanes) is 1. The molecule has 0 fully saturated rings. The van der Waals surface area contributed by atoms with Crippen LogP contribution in [-0.2, 0) is 9.53 Å². The minimum atomic E-state index is -0.756. The lowest BCUT2D eigenvalue weighted by molar-refractivity contribution is -0.384. The number of esters is 1. The summed E-state index contributed by atoms with van der Waals surface area (Å²) in [4.78, 5) is 49.8. The van der Waals surface area contributed by atoms with Gasteiger partial charge < -0.3 is 15.4 Å². The number of amides is 3. The Morgan fingerprint density at radius 2 is 1.91 bits per heavy atom. The Bertz CT molecular complexity index is 1140. The maximum atomic E-state index is 12.8. The number of nitrogens with zero attached hydrogens (tertiary/aromatic N) is 2. The van der Waals surface area contributed by atoms with Gasteiger partial charge in [0.1, 0.15) is 0 Å². The van der Waals surface area contributed by atoms with Gasteiger partial charge in [0.2, 0.25) is 0 Å². The molecule has 1 aliphatic heterocycles. The number of benzene rings is 2. The lowest BCUT2D eigenvalue weighted by Crippen LogP contribution is -2.48. The van der Waals surface area contributed by atoms with Crippen LogP contribution >= 0.6 is 0 Å². The third-order valence-electron chi connectivity index (χ3n) is 5.56. The fourth-order valence-corrected chi connectivity index (χ4v) is 3.72. The highest BCUT2D eigenvalue weighted by Gasteiger charge is 2.36. The first-order valence-corrected chi connectivity index (χ1v) is 10.8. The van der Waals surface area contributed by atoms with Crippen LogP contribution in [0.4, 0.5) is 16.2 Å². The van der Waals surface area contributed by atoms with Crippen LogP contribution in [0.15, 0.2) is 59.8 Å². The van der Waals surface area contributed by atoms with E-state index in [1.165, 1.54) is 36.3 Å². The largest absolute Gasteiger partial charge is 0.466 e. The van der Waals surface area contributed by atoms with Gasteiger partial charge in [0.05, 0.1) is 23.6 Å². The number of allylic oxidation sites excluding steroid dienone is 1. The van der Waals surface area contributed by atoms with Crippen molar-refractivity contribution in [3.63, 3.8) is 0 Å². The van der Waals surface area contributed by atoms with Gasteiger partial charge in [-0.05, 0) is 43.2 Å². The summed E-state index contributed by atoms with van der Waals surface area (Å²) < 4.78 is 4.99. The Morgan fingerprint density at radius 3 is 2.53 bits per heavy atom. The van der Waals surface area contributed by atoms with Crippen LogP contribution in [0.3, 0.4) is 0 Å². The highest BCUT2D eigenvalue weighted by atomic mass is 16.6. The van der Waals surface area contributed by atoms with E-state index in [4.69, 9.17) is 4.74 Å². The van der Waals surface area contributed by atoms with Crippen molar-refractivity contribution in [3.8, 4) is 0 Å². The summed E-state index contributed by atoms with van der Waals surface area (Å²) in [6, 6.07) is 10.9.